The van der Waals surface area contributed by atoms with Crippen molar-refractivity contribution in [3.05, 3.63) is 0 Å². The maximum Gasteiger partial charge on any atom is 0.392 e. The summed E-state index contributed by atoms with van der Waals surface area (Å²) in [6, 6.07) is -0.228. The number of nitrogens with two attached hydrogens (primary N) is 1. The van der Waals surface area contributed by atoms with Crippen molar-refractivity contribution in [1.82, 2.24) is 4.90 Å². The Labute approximate surface area is 106 Å². The first-order chi connectivity index (χ1) is 8.29. The average Bonchev–Trinajstić information content (AvgIpc) is 2.35. The smallest absolute Gasteiger partial charge is 0.342 e. The van der Waals surface area contributed by atoms with Crippen LogP contribution >= 0.6 is 0 Å². The zero-order valence-corrected chi connectivity index (χ0v) is 10.8. The molecule has 1 amide bonds. The molecule has 0 heterocycles. The molecular formula is C12H21F3N2O. The lowest BCUT2D eigenvalue weighted by molar-refractivity contribution is -0.201. The van der Waals surface area contributed by atoms with Crippen molar-refractivity contribution >= 4 is 5.91 Å². The molecule has 0 aliphatic heterocycles. The molecule has 3 unspecified atom stereocenters. The van der Waals surface area contributed by atoms with Crippen LogP contribution in [0.3, 0.4) is 0 Å². The van der Waals surface area contributed by atoms with Crippen molar-refractivity contribution in [1.29, 1.82) is 0 Å². The van der Waals surface area contributed by atoms with Crippen LogP contribution in [-0.2, 0) is 4.79 Å². The summed E-state index contributed by atoms with van der Waals surface area (Å²) in [7, 11) is 1.53. The van der Waals surface area contributed by atoms with Gasteiger partial charge in [-0.2, -0.15) is 13.2 Å². The number of carbonyl (C=O) groups excluding carboxylic acids is 1. The molecule has 0 saturated heterocycles. The van der Waals surface area contributed by atoms with Gasteiger partial charge in [-0.05, 0) is 19.8 Å². The van der Waals surface area contributed by atoms with Crippen molar-refractivity contribution in [2.24, 2.45) is 17.6 Å². The summed E-state index contributed by atoms with van der Waals surface area (Å²) in [6.07, 6.45) is -2.67. The highest BCUT2D eigenvalue weighted by molar-refractivity contribution is 5.79. The van der Waals surface area contributed by atoms with Crippen LogP contribution in [0, 0.1) is 11.8 Å². The molecule has 2 N–H and O–H groups in total. The highest BCUT2D eigenvalue weighted by Gasteiger charge is 2.48. The lowest BCUT2D eigenvalue weighted by Crippen LogP contribution is -2.47. The summed E-state index contributed by atoms with van der Waals surface area (Å²) >= 11 is 0. The second-order valence-electron chi connectivity index (χ2n) is 5.07. The van der Waals surface area contributed by atoms with Gasteiger partial charge in [-0.3, -0.25) is 4.79 Å². The predicted octanol–water partition coefficient (Wildman–Crippen LogP) is 2.16. The molecule has 6 heteroatoms. The Morgan fingerprint density at radius 1 is 1.39 bits per heavy atom. The molecule has 0 aromatic carbocycles. The predicted molar refractivity (Wildman–Crippen MR) is 62.8 cm³/mol. The van der Waals surface area contributed by atoms with Gasteiger partial charge in [-0.15, -0.1) is 0 Å². The minimum Gasteiger partial charge on any atom is -0.342 e. The van der Waals surface area contributed by atoms with Crippen LogP contribution < -0.4 is 5.73 Å². The van der Waals surface area contributed by atoms with Crippen LogP contribution in [0.2, 0.25) is 0 Å². The highest BCUT2D eigenvalue weighted by Crippen LogP contribution is 2.42. The Hall–Kier alpha value is -0.780. The van der Waals surface area contributed by atoms with Crippen molar-refractivity contribution in [2.75, 3.05) is 13.6 Å². The van der Waals surface area contributed by atoms with Crippen molar-refractivity contribution < 1.29 is 18.0 Å². The third-order valence-electron chi connectivity index (χ3n) is 3.85. The van der Waals surface area contributed by atoms with Gasteiger partial charge < -0.3 is 10.6 Å². The molecule has 0 bridgehead atoms. The molecule has 1 rings (SSSR count). The van der Waals surface area contributed by atoms with E-state index in [1.165, 1.54) is 11.9 Å². The van der Waals surface area contributed by atoms with Gasteiger partial charge in [-0.1, -0.05) is 12.8 Å². The van der Waals surface area contributed by atoms with Gasteiger partial charge in [-0.25, -0.2) is 0 Å². The summed E-state index contributed by atoms with van der Waals surface area (Å²) in [5, 5.41) is 0. The maximum atomic E-state index is 12.9. The van der Waals surface area contributed by atoms with Crippen LogP contribution in [-0.4, -0.2) is 36.6 Å². The summed E-state index contributed by atoms with van der Waals surface area (Å²) in [6.45, 7) is 2.00. The number of carbonyl (C=O) groups is 1. The standard InChI is InChI=1S/C12H21F3N2O/c1-8(7-16)17(2)11(18)9-5-3-4-6-10(9)12(13,14)15/h8-10H,3-7,16H2,1-2H3. The first kappa shape index (κ1) is 15.3. The Bertz CT molecular complexity index is 294. The summed E-state index contributed by atoms with van der Waals surface area (Å²) in [4.78, 5) is 13.5. The van der Waals surface area contributed by atoms with Crippen LogP contribution in [0.15, 0.2) is 0 Å². The number of amides is 1. The molecule has 0 radical (unpaired) electrons. The van der Waals surface area contributed by atoms with Gasteiger partial charge in [0.05, 0.1) is 5.92 Å². The largest absolute Gasteiger partial charge is 0.392 e. The molecule has 3 nitrogen and oxygen atoms in total. The third kappa shape index (κ3) is 3.37. The molecule has 0 aromatic rings. The van der Waals surface area contributed by atoms with Gasteiger partial charge in [0.15, 0.2) is 0 Å². The fourth-order valence-electron chi connectivity index (χ4n) is 2.46. The molecule has 1 saturated carbocycles. The number of alkyl halides is 3. The van der Waals surface area contributed by atoms with Crippen molar-refractivity contribution in [3.8, 4) is 0 Å². The second kappa shape index (κ2) is 5.91. The molecule has 1 aliphatic carbocycles. The minimum absolute atomic E-state index is 0.0603. The fourth-order valence-corrected chi connectivity index (χ4v) is 2.46. The third-order valence-corrected chi connectivity index (χ3v) is 3.85. The number of rotatable bonds is 3. The number of halogens is 3. The van der Waals surface area contributed by atoms with E-state index < -0.39 is 23.9 Å². The molecule has 18 heavy (non-hydrogen) atoms. The monoisotopic (exact) mass is 266 g/mol. The molecule has 0 aromatic heterocycles. The van der Waals surface area contributed by atoms with Gasteiger partial charge in [0.25, 0.3) is 0 Å². The molecule has 106 valence electrons. The number of hydrogen-bond acceptors (Lipinski definition) is 2. The van der Waals surface area contributed by atoms with E-state index in [1.54, 1.807) is 6.92 Å². The molecule has 0 spiro atoms. The average molecular weight is 266 g/mol. The first-order valence-corrected chi connectivity index (χ1v) is 6.32. The molecular weight excluding hydrogens is 245 g/mol. The lowest BCUT2D eigenvalue weighted by Gasteiger charge is -2.36. The van der Waals surface area contributed by atoms with E-state index >= 15 is 0 Å². The van der Waals surface area contributed by atoms with Crippen LogP contribution in [0.1, 0.15) is 32.6 Å². The van der Waals surface area contributed by atoms with E-state index in [2.05, 4.69) is 0 Å². The number of nitrogens with zero attached hydrogens (tertiary/aromatic N) is 1. The van der Waals surface area contributed by atoms with E-state index in [1.807, 2.05) is 0 Å². The van der Waals surface area contributed by atoms with E-state index in [4.69, 9.17) is 5.73 Å². The Morgan fingerprint density at radius 3 is 2.44 bits per heavy atom. The van der Waals surface area contributed by atoms with Gasteiger partial charge in [0.2, 0.25) is 5.91 Å². The van der Waals surface area contributed by atoms with Crippen molar-refractivity contribution in [3.63, 3.8) is 0 Å². The summed E-state index contributed by atoms with van der Waals surface area (Å²) < 4.78 is 38.7. The Kier molecular flexibility index (Phi) is 5.01. The number of hydrogen-bond donors (Lipinski definition) is 1. The molecule has 3 atom stereocenters. The van der Waals surface area contributed by atoms with E-state index in [-0.39, 0.29) is 19.0 Å². The molecule has 1 fully saturated rings. The zero-order valence-electron chi connectivity index (χ0n) is 10.8. The normalized spacial score (nSPS) is 26.8. The van der Waals surface area contributed by atoms with E-state index in [0.29, 0.717) is 19.3 Å². The topological polar surface area (TPSA) is 46.3 Å². The summed E-state index contributed by atoms with van der Waals surface area (Å²) in [5.41, 5.74) is 5.44. The molecule has 1 aliphatic rings. The van der Waals surface area contributed by atoms with Crippen LogP contribution in [0.5, 0.6) is 0 Å². The second-order valence-corrected chi connectivity index (χ2v) is 5.07. The summed E-state index contributed by atoms with van der Waals surface area (Å²) in [5.74, 6) is -2.85. The van der Waals surface area contributed by atoms with Crippen LogP contribution in [0.4, 0.5) is 13.2 Å². The van der Waals surface area contributed by atoms with Gasteiger partial charge in [0.1, 0.15) is 0 Å². The maximum absolute atomic E-state index is 12.9. The fraction of sp³-hybridized carbons (Fsp3) is 0.917. The first-order valence-electron chi connectivity index (χ1n) is 6.32. The minimum atomic E-state index is -4.28. The SMILES string of the molecule is CC(CN)N(C)C(=O)C1CCCCC1C(F)(F)F. The quantitative estimate of drug-likeness (QED) is 0.851. The highest BCUT2D eigenvalue weighted by atomic mass is 19.4. The zero-order chi connectivity index (χ0) is 13.9. The van der Waals surface area contributed by atoms with Crippen molar-refractivity contribution in [2.45, 2.75) is 44.8 Å². The Balaban J connectivity index is 2.81. The van der Waals surface area contributed by atoms with Crippen LogP contribution in [0.25, 0.3) is 0 Å². The van der Waals surface area contributed by atoms with Gasteiger partial charge in [0, 0.05) is 25.6 Å². The number of likely N-dealkylation sites (N-methyl/N-ethyl adjacent to an activating group) is 1. The Morgan fingerprint density at radius 2 is 1.94 bits per heavy atom. The lowest BCUT2D eigenvalue weighted by atomic mass is 9.78. The van der Waals surface area contributed by atoms with Gasteiger partial charge >= 0.3 is 6.18 Å². The van der Waals surface area contributed by atoms with E-state index in [9.17, 15) is 18.0 Å². The van der Waals surface area contributed by atoms with E-state index in [0.717, 1.165) is 0 Å².